The van der Waals surface area contributed by atoms with E-state index in [1.54, 1.807) is 0 Å². The predicted octanol–water partition coefficient (Wildman–Crippen LogP) is 1.08. The van der Waals surface area contributed by atoms with Crippen LogP contribution in [0.3, 0.4) is 0 Å². The lowest BCUT2D eigenvalue weighted by Gasteiger charge is -2.33. The highest BCUT2D eigenvalue weighted by molar-refractivity contribution is 4.72. The van der Waals surface area contributed by atoms with Gasteiger partial charge in [-0.15, -0.1) is 0 Å². The van der Waals surface area contributed by atoms with Crippen molar-refractivity contribution in [1.29, 1.82) is 0 Å². The van der Waals surface area contributed by atoms with Crippen LogP contribution in [0.4, 0.5) is 0 Å². The van der Waals surface area contributed by atoms with Crippen LogP contribution >= 0.6 is 0 Å². The highest BCUT2D eigenvalue weighted by atomic mass is 16.5. The van der Waals surface area contributed by atoms with Crippen molar-refractivity contribution in [3.63, 3.8) is 0 Å². The van der Waals surface area contributed by atoms with E-state index < -0.39 is 0 Å². The van der Waals surface area contributed by atoms with Crippen LogP contribution in [0.2, 0.25) is 0 Å². The Morgan fingerprint density at radius 2 is 2.36 bits per heavy atom. The molecule has 0 aromatic carbocycles. The molecule has 0 aromatic rings. The Kier molecular flexibility index (Phi) is 5.45. The summed E-state index contributed by atoms with van der Waals surface area (Å²) in [6.45, 7) is 9.36. The maximum atomic E-state index is 5.75. The lowest BCUT2D eigenvalue weighted by Crippen LogP contribution is -2.44. The van der Waals surface area contributed by atoms with E-state index in [-0.39, 0.29) is 0 Å². The number of ether oxygens (including phenoxy) is 1. The zero-order valence-corrected chi connectivity index (χ0v) is 9.54. The first kappa shape index (κ1) is 12.0. The van der Waals surface area contributed by atoms with E-state index in [2.05, 4.69) is 18.7 Å². The van der Waals surface area contributed by atoms with Crippen LogP contribution in [0.1, 0.15) is 26.7 Å². The fourth-order valence-electron chi connectivity index (χ4n) is 2.11. The maximum absolute atomic E-state index is 5.75. The van der Waals surface area contributed by atoms with E-state index in [9.17, 15) is 0 Å². The molecule has 84 valence electrons. The Morgan fingerprint density at radius 1 is 1.57 bits per heavy atom. The van der Waals surface area contributed by atoms with Crippen molar-refractivity contribution in [2.75, 3.05) is 32.8 Å². The Labute approximate surface area is 87.6 Å². The minimum atomic E-state index is 0.392. The van der Waals surface area contributed by atoms with Crippen LogP contribution in [0.15, 0.2) is 0 Å². The fourth-order valence-corrected chi connectivity index (χ4v) is 2.11. The van der Waals surface area contributed by atoms with Gasteiger partial charge in [0.25, 0.3) is 0 Å². The van der Waals surface area contributed by atoms with Crippen molar-refractivity contribution in [3.8, 4) is 0 Å². The maximum Gasteiger partial charge on any atom is 0.0674 e. The van der Waals surface area contributed by atoms with Gasteiger partial charge in [-0.05, 0) is 25.8 Å². The Bertz CT molecular complexity index is 152. The molecule has 0 aromatic heterocycles. The number of nitrogens with zero attached hydrogens (tertiary/aromatic N) is 1. The third-order valence-corrected chi connectivity index (χ3v) is 2.87. The van der Waals surface area contributed by atoms with E-state index in [4.69, 9.17) is 10.5 Å². The fraction of sp³-hybridized carbons (Fsp3) is 1.00. The molecular formula is C11H24N2O. The summed E-state index contributed by atoms with van der Waals surface area (Å²) in [5, 5.41) is 0. The zero-order chi connectivity index (χ0) is 10.4. The highest BCUT2D eigenvalue weighted by Gasteiger charge is 2.19. The SMILES string of the molecule is CCCC(CN)CN1CCOC(C)C1. The van der Waals surface area contributed by atoms with Crippen LogP contribution in [0.25, 0.3) is 0 Å². The molecule has 0 bridgehead atoms. The molecule has 2 N–H and O–H groups in total. The van der Waals surface area contributed by atoms with Gasteiger partial charge in [0.05, 0.1) is 12.7 Å². The molecule has 2 atom stereocenters. The quantitative estimate of drug-likeness (QED) is 0.722. The van der Waals surface area contributed by atoms with Crippen molar-refractivity contribution in [1.82, 2.24) is 4.90 Å². The van der Waals surface area contributed by atoms with Gasteiger partial charge in [0.15, 0.2) is 0 Å². The van der Waals surface area contributed by atoms with Gasteiger partial charge in [-0.2, -0.15) is 0 Å². The van der Waals surface area contributed by atoms with Gasteiger partial charge < -0.3 is 10.5 Å². The number of hydrogen-bond acceptors (Lipinski definition) is 3. The minimum absolute atomic E-state index is 0.392. The number of morpholine rings is 1. The summed E-state index contributed by atoms with van der Waals surface area (Å²) >= 11 is 0. The predicted molar refractivity (Wildman–Crippen MR) is 59.3 cm³/mol. The molecule has 1 rings (SSSR count). The summed E-state index contributed by atoms with van der Waals surface area (Å²) in [6, 6.07) is 0. The van der Waals surface area contributed by atoms with E-state index in [0.29, 0.717) is 12.0 Å². The largest absolute Gasteiger partial charge is 0.376 e. The first-order chi connectivity index (χ1) is 6.76. The van der Waals surface area contributed by atoms with Gasteiger partial charge in [-0.3, -0.25) is 4.90 Å². The van der Waals surface area contributed by atoms with Crippen molar-refractivity contribution >= 4 is 0 Å². The van der Waals surface area contributed by atoms with Crippen LogP contribution in [0.5, 0.6) is 0 Å². The molecule has 1 saturated heterocycles. The average Bonchev–Trinajstić information content (AvgIpc) is 2.17. The van der Waals surface area contributed by atoms with Gasteiger partial charge >= 0.3 is 0 Å². The Morgan fingerprint density at radius 3 is 2.93 bits per heavy atom. The third-order valence-electron chi connectivity index (χ3n) is 2.87. The molecule has 3 nitrogen and oxygen atoms in total. The number of hydrogen-bond donors (Lipinski definition) is 1. The van der Waals surface area contributed by atoms with Gasteiger partial charge in [0.1, 0.15) is 0 Å². The monoisotopic (exact) mass is 200 g/mol. The summed E-state index contributed by atoms with van der Waals surface area (Å²) in [6.07, 6.45) is 2.88. The van der Waals surface area contributed by atoms with E-state index in [0.717, 1.165) is 32.8 Å². The molecule has 1 aliphatic heterocycles. The minimum Gasteiger partial charge on any atom is -0.376 e. The Balaban J connectivity index is 2.26. The molecule has 1 heterocycles. The summed E-state index contributed by atoms with van der Waals surface area (Å²) in [5.74, 6) is 0.672. The van der Waals surface area contributed by atoms with Gasteiger partial charge in [-0.1, -0.05) is 13.3 Å². The van der Waals surface area contributed by atoms with Gasteiger partial charge in [0.2, 0.25) is 0 Å². The highest BCUT2D eigenvalue weighted by Crippen LogP contribution is 2.11. The first-order valence-corrected chi connectivity index (χ1v) is 5.80. The normalized spacial score (nSPS) is 26.4. The van der Waals surface area contributed by atoms with Crippen LogP contribution < -0.4 is 5.73 Å². The second kappa shape index (κ2) is 6.38. The van der Waals surface area contributed by atoms with E-state index >= 15 is 0 Å². The molecule has 0 amide bonds. The molecule has 1 aliphatic rings. The van der Waals surface area contributed by atoms with Crippen LogP contribution in [-0.2, 0) is 4.74 Å². The second-order valence-electron chi connectivity index (χ2n) is 4.33. The molecule has 14 heavy (non-hydrogen) atoms. The first-order valence-electron chi connectivity index (χ1n) is 5.80. The number of nitrogens with two attached hydrogens (primary N) is 1. The topological polar surface area (TPSA) is 38.5 Å². The van der Waals surface area contributed by atoms with E-state index in [1.807, 2.05) is 0 Å². The average molecular weight is 200 g/mol. The molecule has 0 saturated carbocycles. The summed E-state index contributed by atoms with van der Waals surface area (Å²) < 4.78 is 5.51. The Hall–Kier alpha value is -0.120. The smallest absolute Gasteiger partial charge is 0.0674 e. The number of rotatable bonds is 5. The van der Waals surface area contributed by atoms with Gasteiger partial charge in [0, 0.05) is 19.6 Å². The summed E-state index contributed by atoms with van der Waals surface area (Å²) in [5.41, 5.74) is 5.75. The van der Waals surface area contributed by atoms with Crippen molar-refractivity contribution < 1.29 is 4.74 Å². The van der Waals surface area contributed by atoms with Crippen molar-refractivity contribution in [3.05, 3.63) is 0 Å². The standard InChI is InChI=1S/C11H24N2O/c1-3-4-11(7-12)9-13-5-6-14-10(2)8-13/h10-11H,3-9,12H2,1-2H3. The zero-order valence-electron chi connectivity index (χ0n) is 9.54. The molecular weight excluding hydrogens is 176 g/mol. The molecule has 0 spiro atoms. The lowest BCUT2D eigenvalue weighted by molar-refractivity contribution is -0.0230. The lowest BCUT2D eigenvalue weighted by atomic mass is 10.0. The van der Waals surface area contributed by atoms with Crippen molar-refractivity contribution in [2.24, 2.45) is 11.7 Å². The van der Waals surface area contributed by atoms with E-state index in [1.165, 1.54) is 12.8 Å². The molecule has 0 aliphatic carbocycles. The third kappa shape index (κ3) is 3.95. The summed E-state index contributed by atoms with van der Waals surface area (Å²) in [7, 11) is 0. The molecule has 0 radical (unpaired) electrons. The van der Waals surface area contributed by atoms with Gasteiger partial charge in [-0.25, -0.2) is 0 Å². The summed E-state index contributed by atoms with van der Waals surface area (Å²) in [4.78, 5) is 2.49. The molecule has 3 heteroatoms. The van der Waals surface area contributed by atoms with Crippen LogP contribution in [-0.4, -0.2) is 43.8 Å². The molecule has 1 fully saturated rings. The van der Waals surface area contributed by atoms with Crippen LogP contribution in [0, 0.1) is 5.92 Å². The van der Waals surface area contributed by atoms with Crippen molar-refractivity contribution in [2.45, 2.75) is 32.8 Å². The second-order valence-corrected chi connectivity index (χ2v) is 4.33. The molecule has 2 unspecified atom stereocenters.